The quantitative estimate of drug-likeness (QED) is 0.374. The molecular weight excluding hydrogens is 302 g/mol. The van der Waals surface area contributed by atoms with Crippen molar-refractivity contribution < 1.29 is 4.79 Å². The number of nitrogens with one attached hydrogen (secondary N) is 1. The predicted octanol–water partition coefficient (Wildman–Crippen LogP) is 1.55. The van der Waals surface area contributed by atoms with Crippen LogP contribution in [-0.2, 0) is 5.75 Å². The van der Waals surface area contributed by atoms with Gasteiger partial charge in [-0.25, -0.2) is 10.8 Å². The molecule has 9 heteroatoms. The number of nitrogens with two attached hydrogens (primary N) is 1. The molecule has 0 bridgehead atoms. The molecule has 0 spiro atoms. The van der Waals surface area contributed by atoms with Crippen molar-refractivity contribution in [3.63, 3.8) is 0 Å². The average Bonchev–Trinajstić information content (AvgIpc) is 2.92. The van der Waals surface area contributed by atoms with Crippen LogP contribution in [0.4, 0.5) is 0 Å². The van der Waals surface area contributed by atoms with Crippen LogP contribution in [0.2, 0.25) is 0 Å². The van der Waals surface area contributed by atoms with Gasteiger partial charge in [0.05, 0.1) is 5.69 Å². The van der Waals surface area contributed by atoms with Gasteiger partial charge in [-0.2, -0.15) is 0 Å². The number of pyridine rings is 1. The first-order chi connectivity index (χ1) is 9.22. The Balaban J connectivity index is 2.01. The summed E-state index contributed by atoms with van der Waals surface area (Å²) in [5.41, 5.74) is 3.17. The smallest absolute Gasteiger partial charge is 0.283 e. The molecule has 0 fully saturated rings. The molecule has 2 aromatic heterocycles. The lowest BCUT2D eigenvalue weighted by Gasteiger charge is -2.02. The number of amides is 1. The van der Waals surface area contributed by atoms with Gasteiger partial charge < -0.3 is 0 Å². The summed E-state index contributed by atoms with van der Waals surface area (Å²) in [5.74, 6) is 5.31. The summed E-state index contributed by atoms with van der Waals surface area (Å²) in [6.45, 7) is 0. The highest BCUT2D eigenvalue weighted by molar-refractivity contribution is 8.02. The summed E-state index contributed by atoms with van der Waals surface area (Å²) in [6, 6.07) is 5.25. The Bertz CT molecular complexity index is 574. The Morgan fingerprint density at radius 2 is 2.21 bits per heavy atom. The lowest BCUT2D eigenvalue weighted by Crippen LogP contribution is -2.30. The maximum atomic E-state index is 11.4. The molecule has 0 aliphatic carbocycles. The monoisotopic (exact) mass is 313 g/mol. The molecule has 19 heavy (non-hydrogen) atoms. The zero-order chi connectivity index (χ0) is 13.7. The number of thioether (sulfide) groups is 2. The van der Waals surface area contributed by atoms with Gasteiger partial charge in [-0.1, -0.05) is 40.9 Å². The van der Waals surface area contributed by atoms with Crippen LogP contribution < -0.4 is 11.3 Å². The van der Waals surface area contributed by atoms with Gasteiger partial charge in [0.15, 0.2) is 8.68 Å². The van der Waals surface area contributed by atoms with Crippen LogP contribution in [0.15, 0.2) is 26.9 Å². The molecule has 1 amide bonds. The lowest BCUT2D eigenvalue weighted by atomic mass is 10.3. The van der Waals surface area contributed by atoms with Gasteiger partial charge in [0.1, 0.15) is 5.69 Å². The molecule has 0 saturated heterocycles. The van der Waals surface area contributed by atoms with Crippen molar-refractivity contribution in [1.82, 2.24) is 20.6 Å². The van der Waals surface area contributed by atoms with Gasteiger partial charge in [-0.3, -0.25) is 10.2 Å². The highest BCUT2D eigenvalue weighted by Gasteiger charge is 2.08. The van der Waals surface area contributed by atoms with Crippen molar-refractivity contribution >= 4 is 40.8 Å². The van der Waals surface area contributed by atoms with Gasteiger partial charge in [0.25, 0.3) is 5.91 Å². The highest BCUT2D eigenvalue weighted by Crippen LogP contribution is 2.29. The van der Waals surface area contributed by atoms with Crippen molar-refractivity contribution in [2.45, 2.75) is 14.4 Å². The zero-order valence-electron chi connectivity index (χ0n) is 9.99. The molecule has 2 rings (SSSR count). The minimum absolute atomic E-state index is 0.308. The van der Waals surface area contributed by atoms with E-state index in [4.69, 9.17) is 5.84 Å². The minimum atomic E-state index is -0.396. The van der Waals surface area contributed by atoms with Gasteiger partial charge in [-0.15, -0.1) is 10.2 Å². The number of rotatable bonds is 5. The van der Waals surface area contributed by atoms with E-state index in [1.54, 1.807) is 47.0 Å². The normalized spacial score (nSPS) is 10.4. The van der Waals surface area contributed by atoms with E-state index in [2.05, 4.69) is 20.6 Å². The predicted molar refractivity (Wildman–Crippen MR) is 77.1 cm³/mol. The number of hydrogen-bond acceptors (Lipinski definition) is 8. The number of carbonyl (C=O) groups excluding carboxylic acids is 1. The molecule has 6 nitrogen and oxygen atoms in total. The van der Waals surface area contributed by atoms with Gasteiger partial charge in [0.2, 0.25) is 0 Å². The Hall–Kier alpha value is -1.16. The maximum Gasteiger partial charge on any atom is 0.283 e. The molecule has 3 N–H and O–H groups in total. The van der Waals surface area contributed by atoms with E-state index in [-0.39, 0.29) is 0 Å². The van der Waals surface area contributed by atoms with E-state index >= 15 is 0 Å². The van der Waals surface area contributed by atoms with Crippen molar-refractivity contribution in [2.75, 3.05) is 6.26 Å². The van der Waals surface area contributed by atoms with E-state index in [0.717, 1.165) is 14.4 Å². The van der Waals surface area contributed by atoms with Crippen LogP contribution in [0.3, 0.4) is 0 Å². The Morgan fingerprint density at radius 3 is 2.89 bits per heavy atom. The summed E-state index contributed by atoms with van der Waals surface area (Å²) >= 11 is 4.66. The first kappa shape index (κ1) is 14.3. The first-order valence-corrected chi connectivity index (χ1v) is 8.23. The van der Waals surface area contributed by atoms with E-state index in [9.17, 15) is 4.79 Å². The Kier molecular flexibility index (Phi) is 5.14. The van der Waals surface area contributed by atoms with Crippen molar-refractivity contribution in [3.8, 4) is 0 Å². The maximum absolute atomic E-state index is 11.4. The molecule has 100 valence electrons. The Morgan fingerprint density at radius 1 is 1.42 bits per heavy atom. The molecule has 0 aliphatic heterocycles. The van der Waals surface area contributed by atoms with Gasteiger partial charge in [-0.05, 0) is 18.4 Å². The summed E-state index contributed by atoms with van der Waals surface area (Å²) in [7, 11) is 0. The zero-order valence-corrected chi connectivity index (χ0v) is 12.4. The van der Waals surface area contributed by atoms with Gasteiger partial charge >= 0.3 is 0 Å². The second kappa shape index (κ2) is 6.85. The number of carbonyl (C=O) groups is 1. The second-order valence-corrected chi connectivity index (χ2v) is 6.57. The van der Waals surface area contributed by atoms with E-state index < -0.39 is 5.91 Å². The average molecular weight is 313 g/mol. The molecule has 0 unspecified atom stereocenters. The lowest BCUT2D eigenvalue weighted by molar-refractivity contribution is 0.0948. The summed E-state index contributed by atoms with van der Waals surface area (Å²) in [4.78, 5) is 15.6. The number of hydrogen-bond donors (Lipinski definition) is 2. The summed E-state index contributed by atoms with van der Waals surface area (Å²) < 4.78 is 1.83. The molecular formula is C10H11N5OS3. The highest BCUT2D eigenvalue weighted by atomic mass is 32.2. The molecule has 2 heterocycles. The fraction of sp³-hybridized carbons (Fsp3) is 0.200. The summed E-state index contributed by atoms with van der Waals surface area (Å²) in [6.07, 6.45) is 1.96. The molecule has 0 saturated carbocycles. The molecule has 0 aromatic carbocycles. The molecule has 2 aromatic rings. The van der Waals surface area contributed by atoms with Crippen LogP contribution in [-0.4, -0.2) is 27.3 Å². The van der Waals surface area contributed by atoms with Crippen LogP contribution in [0.1, 0.15) is 16.2 Å². The first-order valence-electron chi connectivity index (χ1n) is 5.20. The third kappa shape index (κ3) is 3.90. The van der Waals surface area contributed by atoms with Crippen LogP contribution in [0.5, 0.6) is 0 Å². The van der Waals surface area contributed by atoms with E-state index in [0.29, 0.717) is 11.4 Å². The third-order valence-electron chi connectivity index (χ3n) is 2.08. The van der Waals surface area contributed by atoms with E-state index in [1.807, 2.05) is 12.3 Å². The largest absolute Gasteiger partial charge is 0.289 e. The Labute approximate surface area is 122 Å². The van der Waals surface area contributed by atoms with Crippen LogP contribution in [0, 0.1) is 0 Å². The molecule has 0 radical (unpaired) electrons. The number of nitrogen functional groups attached to an aromatic ring is 1. The minimum Gasteiger partial charge on any atom is -0.289 e. The molecule has 0 aliphatic rings. The fourth-order valence-electron chi connectivity index (χ4n) is 1.23. The standard InChI is InChI=1S/C10H11N5OS3/c1-17-9-14-15-10(19-9)18-5-6-3-2-4-7(12-6)8(16)13-11/h2-4H,5,11H2,1H3,(H,13,16). The SMILES string of the molecule is CSc1nnc(SCc2cccc(C(=O)NN)n2)s1. The summed E-state index contributed by atoms with van der Waals surface area (Å²) in [5, 5.41) is 8.07. The van der Waals surface area contributed by atoms with E-state index in [1.165, 1.54) is 0 Å². The van der Waals surface area contributed by atoms with Crippen molar-refractivity contribution in [3.05, 3.63) is 29.6 Å². The van der Waals surface area contributed by atoms with Crippen molar-refractivity contribution in [1.29, 1.82) is 0 Å². The van der Waals surface area contributed by atoms with Crippen LogP contribution >= 0.6 is 34.9 Å². The van der Waals surface area contributed by atoms with Gasteiger partial charge in [0, 0.05) is 5.75 Å². The van der Waals surface area contributed by atoms with Crippen LogP contribution in [0.25, 0.3) is 0 Å². The fourth-order valence-corrected chi connectivity index (χ4v) is 3.58. The third-order valence-corrected chi connectivity index (χ3v) is 5.14. The number of hydrazine groups is 1. The second-order valence-electron chi connectivity index (χ2n) is 3.31. The molecule has 0 atom stereocenters. The number of nitrogens with zero attached hydrogens (tertiary/aromatic N) is 3. The topological polar surface area (TPSA) is 93.8 Å². The number of aromatic nitrogens is 3. The van der Waals surface area contributed by atoms with Crippen molar-refractivity contribution in [2.24, 2.45) is 5.84 Å².